The number of rotatable bonds is 4. The van der Waals surface area contributed by atoms with Gasteiger partial charge in [-0.3, -0.25) is 0 Å². The van der Waals surface area contributed by atoms with Crippen molar-refractivity contribution in [3.05, 3.63) is 34.9 Å². The molecule has 2 unspecified atom stereocenters. The molecule has 0 radical (unpaired) electrons. The summed E-state index contributed by atoms with van der Waals surface area (Å²) in [5.41, 5.74) is 0.144. The van der Waals surface area contributed by atoms with Crippen LogP contribution < -0.4 is 5.32 Å². The van der Waals surface area contributed by atoms with Crippen molar-refractivity contribution in [2.24, 2.45) is 0 Å². The molecule has 20 heavy (non-hydrogen) atoms. The van der Waals surface area contributed by atoms with Gasteiger partial charge in [0.15, 0.2) is 0 Å². The molecule has 0 aliphatic heterocycles. The lowest BCUT2D eigenvalue weighted by Gasteiger charge is -2.26. The Labute approximate surface area is 125 Å². The number of aliphatic hydroxyl groups is 1. The van der Waals surface area contributed by atoms with Crippen molar-refractivity contribution in [1.29, 1.82) is 0 Å². The molecule has 0 saturated heterocycles. The van der Waals surface area contributed by atoms with E-state index in [1.807, 2.05) is 6.92 Å². The Morgan fingerprint density at radius 2 is 1.90 bits per heavy atom. The van der Waals surface area contributed by atoms with Gasteiger partial charge in [0.1, 0.15) is 5.60 Å². The van der Waals surface area contributed by atoms with E-state index in [0.717, 1.165) is 0 Å². The molecule has 0 aliphatic carbocycles. The van der Waals surface area contributed by atoms with E-state index < -0.39 is 23.8 Å². The SMILES string of the molecule is CCC(NC(=O)OC(C)(C)C)C(O)c1ccc(Cl)cc1. The first-order valence-electron chi connectivity index (χ1n) is 6.66. The van der Waals surface area contributed by atoms with Gasteiger partial charge in [-0.2, -0.15) is 0 Å². The summed E-state index contributed by atoms with van der Waals surface area (Å²) in [4.78, 5) is 11.8. The lowest BCUT2D eigenvalue weighted by molar-refractivity contribution is 0.0417. The van der Waals surface area contributed by atoms with E-state index in [1.165, 1.54) is 0 Å². The maximum Gasteiger partial charge on any atom is 0.407 e. The molecule has 0 spiro atoms. The van der Waals surface area contributed by atoms with Crippen LogP contribution in [0.3, 0.4) is 0 Å². The van der Waals surface area contributed by atoms with Crippen LogP contribution in [-0.2, 0) is 4.74 Å². The van der Waals surface area contributed by atoms with Gasteiger partial charge in [0.25, 0.3) is 0 Å². The topological polar surface area (TPSA) is 58.6 Å². The van der Waals surface area contributed by atoms with Crippen molar-refractivity contribution in [3.8, 4) is 0 Å². The molecular weight excluding hydrogens is 278 g/mol. The summed E-state index contributed by atoms with van der Waals surface area (Å²) in [6, 6.07) is 6.49. The van der Waals surface area contributed by atoms with Gasteiger partial charge in [-0.1, -0.05) is 30.7 Å². The van der Waals surface area contributed by atoms with E-state index >= 15 is 0 Å². The van der Waals surface area contributed by atoms with Crippen molar-refractivity contribution in [1.82, 2.24) is 5.32 Å². The Morgan fingerprint density at radius 1 is 1.35 bits per heavy atom. The van der Waals surface area contributed by atoms with Crippen LogP contribution in [0.1, 0.15) is 45.8 Å². The van der Waals surface area contributed by atoms with Gasteiger partial charge in [-0.05, 0) is 44.9 Å². The van der Waals surface area contributed by atoms with Gasteiger partial charge in [-0.15, -0.1) is 0 Å². The summed E-state index contributed by atoms with van der Waals surface area (Å²) < 4.78 is 5.19. The maximum absolute atomic E-state index is 11.8. The Bertz CT molecular complexity index is 439. The number of ether oxygens (including phenoxy) is 1. The first-order valence-corrected chi connectivity index (χ1v) is 7.03. The summed E-state index contributed by atoms with van der Waals surface area (Å²) in [5.74, 6) is 0. The summed E-state index contributed by atoms with van der Waals surface area (Å²) >= 11 is 5.82. The van der Waals surface area contributed by atoms with Crippen LogP contribution >= 0.6 is 11.6 Å². The fourth-order valence-electron chi connectivity index (χ4n) is 1.76. The summed E-state index contributed by atoms with van der Waals surface area (Å²) in [6.45, 7) is 7.27. The molecule has 1 amide bonds. The molecule has 2 N–H and O–H groups in total. The quantitative estimate of drug-likeness (QED) is 0.891. The van der Waals surface area contributed by atoms with E-state index in [0.29, 0.717) is 17.0 Å². The Morgan fingerprint density at radius 3 is 2.35 bits per heavy atom. The molecule has 5 heteroatoms. The third-order valence-electron chi connectivity index (χ3n) is 2.73. The minimum absolute atomic E-state index is 0.411. The van der Waals surface area contributed by atoms with Gasteiger partial charge in [0.05, 0.1) is 12.1 Å². The van der Waals surface area contributed by atoms with Crippen LogP contribution in [0.15, 0.2) is 24.3 Å². The third-order valence-corrected chi connectivity index (χ3v) is 2.99. The molecule has 0 saturated carbocycles. The average Bonchev–Trinajstić information content (AvgIpc) is 2.34. The Kier molecular flexibility index (Phi) is 5.84. The van der Waals surface area contributed by atoms with Crippen molar-refractivity contribution in [2.75, 3.05) is 0 Å². The maximum atomic E-state index is 11.8. The fourth-order valence-corrected chi connectivity index (χ4v) is 1.88. The normalized spacial score (nSPS) is 14.5. The molecule has 0 aliphatic rings. The molecule has 112 valence electrons. The molecule has 0 bridgehead atoms. The second-order valence-electron chi connectivity index (χ2n) is 5.66. The second-order valence-corrected chi connectivity index (χ2v) is 6.09. The highest BCUT2D eigenvalue weighted by Crippen LogP contribution is 2.21. The molecule has 0 fully saturated rings. The number of alkyl carbamates (subject to hydrolysis) is 1. The lowest BCUT2D eigenvalue weighted by Crippen LogP contribution is -2.42. The molecule has 4 nitrogen and oxygen atoms in total. The van der Waals surface area contributed by atoms with E-state index in [2.05, 4.69) is 5.32 Å². The third kappa shape index (κ3) is 5.39. The van der Waals surface area contributed by atoms with E-state index in [4.69, 9.17) is 16.3 Å². The zero-order chi connectivity index (χ0) is 15.3. The van der Waals surface area contributed by atoms with Crippen molar-refractivity contribution >= 4 is 17.7 Å². The number of halogens is 1. The Balaban J connectivity index is 2.70. The number of amides is 1. The Hall–Kier alpha value is -1.26. The van der Waals surface area contributed by atoms with Crippen LogP contribution in [0.5, 0.6) is 0 Å². The molecule has 1 aromatic carbocycles. The van der Waals surface area contributed by atoms with Gasteiger partial charge in [0, 0.05) is 5.02 Å². The van der Waals surface area contributed by atoms with Crippen LogP contribution in [0.4, 0.5) is 4.79 Å². The summed E-state index contributed by atoms with van der Waals surface area (Å²) in [6.07, 6.45) is -0.745. The predicted octanol–water partition coefficient (Wildman–Crippen LogP) is 3.68. The van der Waals surface area contributed by atoms with Gasteiger partial charge < -0.3 is 15.2 Å². The highest BCUT2D eigenvalue weighted by Gasteiger charge is 2.24. The fraction of sp³-hybridized carbons (Fsp3) is 0.533. The van der Waals surface area contributed by atoms with Crippen molar-refractivity contribution in [3.63, 3.8) is 0 Å². The van der Waals surface area contributed by atoms with Crippen LogP contribution in [0, 0.1) is 0 Å². The monoisotopic (exact) mass is 299 g/mol. The van der Waals surface area contributed by atoms with Crippen molar-refractivity contribution < 1.29 is 14.6 Å². The zero-order valence-corrected chi connectivity index (χ0v) is 13.1. The van der Waals surface area contributed by atoms with Crippen LogP contribution in [-0.4, -0.2) is 22.8 Å². The summed E-state index contributed by atoms with van der Waals surface area (Å²) in [7, 11) is 0. The first-order chi connectivity index (χ1) is 9.23. The molecule has 1 rings (SSSR count). The van der Waals surface area contributed by atoms with Crippen molar-refractivity contribution in [2.45, 2.75) is 51.9 Å². The van der Waals surface area contributed by atoms with Crippen LogP contribution in [0.2, 0.25) is 5.02 Å². The van der Waals surface area contributed by atoms with Gasteiger partial charge in [0.2, 0.25) is 0 Å². The number of hydrogen-bond donors (Lipinski definition) is 2. The number of benzene rings is 1. The van der Waals surface area contributed by atoms with E-state index in [9.17, 15) is 9.90 Å². The highest BCUT2D eigenvalue weighted by molar-refractivity contribution is 6.30. The van der Waals surface area contributed by atoms with Gasteiger partial charge in [-0.25, -0.2) is 4.79 Å². The van der Waals surface area contributed by atoms with Gasteiger partial charge >= 0.3 is 6.09 Å². The smallest absolute Gasteiger partial charge is 0.407 e. The minimum Gasteiger partial charge on any atom is -0.444 e. The number of aliphatic hydroxyl groups excluding tert-OH is 1. The largest absolute Gasteiger partial charge is 0.444 e. The minimum atomic E-state index is -0.801. The molecule has 0 aromatic heterocycles. The summed E-state index contributed by atoms with van der Waals surface area (Å²) in [5, 5.41) is 13.6. The highest BCUT2D eigenvalue weighted by atomic mass is 35.5. The van der Waals surface area contributed by atoms with E-state index in [-0.39, 0.29) is 0 Å². The lowest BCUT2D eigenvalue weighted by atomic mass is 10.0. The number of hydrogen-bond acceptors (Lipinski definition) is 3. The average molecular weight is 300 g/mol. The first kappa shape index (κ1) is 16.8. The molecule has 1 aromatic rings. The molecular formula is C15H22ClNO3. The predicted molar refractivity (Wildman–Crippen MR) is 79.9 cm³/mol. The second kappa shape index (κ2) is 6.95. The van der Waals surface area contributed by atoms with E-state index in [1.54, 1.807) is 45.0 Å². The van der Waals surface area contributed by atoms with Crippen LogP contribution in [0.25, 0.3) is 0 Å². The number of nitrogens with one attached hydrogen (secondary N) is 1. The standard InChI is InChI=1S/C15H22ClNO3/c1-5-12(17-14(19)20-15(2,3)4)13(18)10-6-8-11(16)9-7-10/h6-9,12-13,18H,5H2,1-4H3,(H,17,19). The number of carbonyl (C=O) groups excluding carboxylic acids is 1. The molecule has 0 heterocycles. The number of carbonyl (C=O) groups is 1. The zero-order valence-electron chi connectivity index (χ0n) is 12.3. The molecule has 2 atom stereocenters.